The molecule has 0 unspecified atom stereocenters. The Hall–Kier alpha value is -3.66. The number of carbonyl (C=O) groups is 1. The number of anilines is 2. The van der Waals surface area contributed by atoms with Gasteiger partial charge in [0.05, 0.1) is 18.5 Å². The van der Waals surface area contributed by atoms with E-state index >= 15 is 0 Å². The summed E-state index contributed by atoms with van der Waals surface area (Å²) in [6.45, 7) is 6.49. The number of nitrogens with zero attached hydrogens (tertiary/aromatic N) is 4. The number of methoxy groups -OCH3 is 1. The second-order valence-electron chi connectivity index (χ2n) is 8.95. The van der Waals surface area contributed by atoms with Gasteiger partial charge in [0.1, 0.15) is 5.75 Å². The van der Waals surface area contributed by atoms with Crippen molar-refractivity contribution in [3.63, 3.8) is 0 Å². The van der Waals surface area contributed by atoms with Crippen molar-refractivity contribution in [3.05, 3.63) is 59.4 Å². The minimum absolute atomic E-state index is 0.0744. The van der Waals surface area contributed by atoms with E-state index in [-0.39, 0.29) is 29.2 Å². The van der Waals surface area contributed by atoms with Crippen LogP contribution in [-0.4, -0.2) is 66.1 Å². The van der Waals surface area contributed by atoms with Crippen molar-refractivity contribution in [2.45, 2.75) is 26.2 Å². The zero-order valence-electron chi connectivity index (χ0n) is 20.9. The molecule has 2 N–H and O–H groups in total. The first-order chi connectivity index (χ1) is 17.1. The van der Waals surface area contributed by atoms with E-state index in [9.17, 15) is 18.8 Å². The average molecular weight is 500 g/mol. The molecule has 0 bridgehead atoms. The second-order valence-corrected chi connectivity index (χ2v) is 8.95. The number of rotatable bonds is 7. The molecule has 0 atom stereocenters. The molecule has 8 nitrogen and oxygen atoms in total. The Labute approximate surface area is 209 Å². The molecule has 2 heterocycles. The predicted octanol–water partition coefficient (Wildman–Crippen LogP) is 4.61. The molecular weight excluding hydrogens is 468 g/mol. The van der Waals surface area contributed by atoms with Gasteiger partial charge in [-0.2, -0.15) is 4.73 Å². The van der Waals surface area contributed by atoms with Crippen LogP contribution >= 0.6 is 0 Å². The van der Waals surface area contributed by atoms with Gasteiger partial charge in [-0.05, 0) is 44.3 Å². The van der Waals surface area contributed by atoms with Crippen LogP contribution in [0.15, 0.2) is 42.5 Å². The molecule has 2 aromatic carbocycles. The van der Waals surface area contributed by atoms with Crippen molar-refractivity contribution in [2.75, 3.05) is 50.6 Å². The molecule has 0 radical (unpaired) electrons. The maximum Gasteiger partial charge on any atom is 0.277 e. The average Bonchev–Trinajstić information content (AvgIpc) is 3.18. The Bertz CT molecular complexity index is 1250. The first-order valence-electron chi connectivity index (χ1n) is 11.8. The van der Waals surface area contributed by atoms with E-state index < -0.39 is 11.8 Å². The summed E-state index contributed by atoms with van der Waals surface area (Å²) in [5.41, 5.74) is 1.73. The van der Waals surface area contributed by atoms with Gasteiger partial charge in [0.25, 0.3) is 11.8 Å². The van der Waals surface area contributed by atoms with E-state index in [1.165, 1.54) is 31.2 Å². The van der Waals surface area contributed by atoms with E-state index in [0.29, 0.717) is 17.0 Å². The topological polar surface area (TPSA) is 82.9 Å². The van der Waals surface area contributed by atoms with Gasteiger partial charge in [0.15, 0.2) is 11.5 Å². The van der Waals surface area contributed by atoms with Crippen LogP contribution in [0.4, 0.5) is 20.2 Å². The number of imidazole rings is 1. The number of piperazine rings is 1. The predicted molar refractivity (Wildman–Crippen MR) is 134 cm³/mol. The summed E-state index contributed by atoms with van der Waals surface area (Å²) in [7, 11) is 3.69. The zero-order valence-corrected chi connectivity index (χ0v) is 20.9. The number of halogens is 2. The number of aryl methyl sites for hydroxylation is 1. The lowest BCUT2D eigenvalue weighted by molar-refractivity contribution is -0.00824. The van der Waals surface area contributed by atoms with Crippen molar-refractivity contribution in [1.29, 1.82) is 0 Å². The van der Waals surface area contributed by atoms with Crippen LogP contribution in [0.3, 0.4) is 0 Å². The lowest BCUT2D eigenvalue weighted by Crippen LogP contribution is -2.44. The lowest BCUT2D eigenvalue weighted by Gasteiger charge is -2.34. The molecule has 1 fully saturated rings. The van der Waals surface area contributed by atoms with Crippen molar-refractivity contribution in [1.82, 2.24) is 14.6 Å². The standard InChI is InChI=1S/C26H31F2N5O3/c1-5-26(27,28)19-7-6-8-20(16-19)30-25(34)23-17(2)29-24(33(23)35)18-9-10-22(36-4)21(15-18)32-13-11-31(3)12-14-32/h6-10,15-16,35H,5,11-14H2,1-4H3,(H,30,34). The van der Waals surface area contributed by atoms with Crippen LogP contribution in [0.2, 0.25) is 0 Å². The Balaban J connectivity index is 1.63. The minimum Gasteiger partial charge on any atom is -0.495 e. The molecule has 1 aromatic heterocycles. The Morgan fingerprint density at radius 2 is 1.89 bits per heavy atom. The maximum absolute atomic E-state index is 14.1. The normalized spacial score (nSPS) is 14.7. The number of nitrogens with one attached hydrogen (secondary N) is 1. The highest BCUT2D eigenvalue weighted by atomic mass is 19.3. The summed E-state index contributed by atoms with van der Waals surface area (Å²) in [6, 6.07) is 11.0. The van der Waals surface area contributed by atoms with Crippen molar-refractivity contribution in [2.24, 2.45) is 0 Å². The molecule has 10 heteroatoms. The molecule has 36 heavy (non-hydrogen) atoms. The van der Waals surface area contributed by atoms with Crippen molar-refractivity contribution in [3.8, 4) is 17.1 Å². The maximum atomic E-state index is 14.1. The molecule has 4 rings (SSSR count). The van der Waals surface area contributed by atoms with Gasteiger partial charge < -0.3 is 25.1 Å². The smallest absolute Gasteiger partial charge is 0.277 e. The van der Waals surface area contributed by atoms with Gasteiger partial charge in [-0.25, -0.2) is 13.8 Å². The SMILES string of the molecule is CCC(F)(F)c1cccc(NC(=O)c2c(C)nc(-c3ccc(OC)c(N4CCN(C)CC4)c3)n2O)c1. The number of hydrogen-bond acceptors (Lipinski definition) is 6. The largest absolute Gasteiger partial charge is 0.495 e. The van der Waals surface area contributed by atoms with Gasteiger partial charge in [-0.15, -0.1) is 0 Å². The van der Waals surface area contributed by atoms with E-state index in [2.05, 4.69) is 27.1 Å². The Morgan fingerprint density at radius 3 is 2.56 bits per heavy atom. The third-order valence-corrected chi connectivity index (χ3v) is 6.51. The fourth-order valence-electron chi connectivity index (χ4n) is 4.31. The van der Waals surface area contributed by atoms with E-state index in [1.807, 2.05) is 12.1 Å². The van der Waals surface area contributed by atoms with Gasteiger partial charge in [-0.3, -0.25) is 4.79 Å². The van der Waals surface area contributed by atoms with E-state index in [4.69, 9.17) is 4.74 Å². The molecule has 192 valence electrons. The van der Waals surface area contributed by atoms with Crippen molar-refractivity contribution >= 4 is 17.3 Å². The van der Waals surface area contributed by atoms with Gasteiger partial charge in [-0.1, -0.05) is 19.1 Å². The number of alkyl halides is 2. The summed E-state index contributed by atoms with van der Waals surface area (Å²) in [5, 5.41) is 13.5. The van der Waals surface area contributed by atoms with Crippen LogP contribution in [0.25, 0.3) is 11.4 Å². The van der Waals surface area contributed by atoms with E-state index in [1.54, 1.807) is 20.1 Å². The third-order valence-electron chi connectivity index (χ3n) is 6.51. The molecule has 1 amide bonds. The number of ether oxygens (including phenoxy) is 1. The third kappa shape index (κ3) is 4.99. The van der Waals surface area contributed by atoms with Crippen LogP contribution in [0, 0.1) is 6.92 Å². The number of amides is 1. The summed E-state index contributed by atoms with van der Waals surface area (Å²) in [4.78, 5) is 21.9. The van der Waals surface area contributed by atoms with Crippen LogP contribution in [0.1, 0.15) is 35.1 Å². The summed E-state index contributed by atoms with van der Waals surface area (Å²) in [5.74, 6) is -2.75. The van der Waals surface area contributed by atoms with Gasteiger partial charge >= 0.3 is 0 Å². The molecule has 0 spiro atoms. The summed E-state index contributed by atoms with van der Waals surface area (Å²) < 4.78 is 34.5. The highest BCUT2D eigenvalue weighted by molar-refractivity contribution is 6.04. The Morgan fingerprint density at radius 1 is 1.17 bits per heavy atom. The first kappa shape index (κ1) is 25.4. The highest BCUT2D eigenvalue weighted by Gasteiger charge is 2.29. The number of benzene rings is 2. The summed E-state index contributed by atoms with van der Waals surface area (Å²) in [6.07, 6.45) is -0.353. The molecule has 1 aliphatic rings. The van der Waals surface area contributed by atoms with Gasteiger partial charge in [0, 0.05) is 49.4 Å². The van der Waals surface area contributed by atoms with Crippen LogP contribution in [0.5, 0.6) is 5.75 Å². The fourth-order valence-corrected chi connectivity index (χ4v) is 4.31. The van der Waals surface area contributed by atoms with Crippen LogP contribution in [-0.2, 0) is 5.92 Å². The van der Waals surface area contributed by atoms with Gasteiger partial charge in [0.2, 0.25) is 0 Å². The minimum atomic E-state index is -3.00. The number of likely N-dealkylation sites (N-methyl/N-ethyl adjacent to an activating group) is 1. The molecule has 3 aromatic rings. The Kier molecular flexibility index (Phi) is 7.16. The zero-order chi connectivity index (χ0) is 26.0. The first-order valence-corrected chi connectivity index (χ1v) is 11.8. The number of aromatic nitrogens is 2. The van der Waals surface area contributed by atoms with E-state index in [0.717, 1.165) is 36.6 Å². The molecule has 1 saturated heterocycles. The molecule has 0 saturated carbocycles. The lowest BCUT2D eigenvalue weighted by atomic mass is 10.1. The number of hydrogen-bond donors (Lipinski definition) is 2. The molecular formula is C26H31F2N5O3. The summed E-state index contributed by atoms with van der Waals surface area (Å²) >= 11 is 0. The number of carbonyl (C=O) groups excluding carboxylic acids is 1. The molecule has 0 aliphatic carbocycles. The quantitative estimate of drug-likeness (QED) is 0.462. The highest BCUT2D eigenvalue weighted by Crippen LogP contribution is 2.35. The second kappa shape index (κ2) is 10.1. The van der Waals surface area contributed by atoms with Crippen molar-refractivity contribution < 1.29 is 23.5 Å². The molecule has 1 aliphatic heterocycles. The monoisotopic (exact) mass is 499 g/mol. The fraction of sp³-hybridized carbons (Fsp3) is 0.385. The van der Waals surface area contributed by atoms with Crippen LogP contribution < -0.4 is 15.0 Å².